The molecule has 2 N–H and O–H groups in total. The van der Waals surface area contributed by atoms with Gasteiger partial charge in [0, 0.05) is 0 Å². The van der Waals surface area contributed by atoms with Crippen LogP contribution in [0.25, 0.3) is 0 Å². The zero-order valence-electron chi connectivity index (χ0n) is 10.2. The molecule has 2 aliphatic heterocycles. The first-order valence-electron chi connectivity index (χ1n) is 5.70. The maximum Gasteiger partial charge on any atom is 0.352 e. The Hall–Kier alpha value is -1.36. The average Bonchev–Trinajstić information content (AvgIpc) is 2.53. The fourth-order valence-electron chi connectivity index (χ4n) is 2.66. The highest BCUT2D eigenvalue weighted by Gasteiger charge is 2.55. The van der Waals surface area contributed by atoms with E-state index in [2.05, 4.69) is 0 Å². The predicted octanol–water partition coefficient (Wildman–Crippen LogP) is 0.594. The van der Waals surface area contributed by atoms with Crippen LogP contribution in [0.15, 0.2) is 11.3 Å². The van der Waals surface area contributed by atoms with Gasteiger partial charge in [-0.05, 0) is 17.4 Å². The second kappa shape index (κ2) is 3.57. The number of carboxylic acid groups (broad SMARTS) is 1. The summed E-state index contributed by atoms with van der Waals surface area (Å²) in [6.45, 7) is 5.62. The van der Waals surface area contributed by atoms with Crippen LogP contribution >= 0.6 is 0 Å². The van der Waals surface area contributed by atoms with E-state index in [1.54, 1.807) is 0 Å². The first-order chi connectivity index (χ1) is 7.79. The van der Waals surface area contributed by atoms with E-state index in [0.29, 0.717) is 6.42 Å². The molecule has 5 nitrogen and oxygen atoms in total. The number of aliphatic hydroxyl groups is 1. The second-order valence-electron chi connectivity index (χ2n) is 5.65. The highest BCUT2D eigenvalue weighted by Crippen LogP contribution is 2.47. The number of hydrogen-bond donors (Lipinski definition) is 2. The summed E-state index contributed by atoms with van der Waals surface area (Å²) in [4.78, 5) is 24.3. The molecule has 0 aromatic rings. The van der Waals surface area contributed by atoms with E-state index in [1.165, 1.54) is 4.90 Å². The van der Waals surface area contributed by atoms with Gasteiger partial charge in [0.2, 0.25) is 5.91 Å². The molecule has 0 aliphatic carbocycles. The van der Waals surface area contributed by atoms with Crippen LogP contribution < -0.4 is 0 Å². The van der Waals surface area contributed by atoms with Crippen LogP contribution in [-0.4, -0.2) is 39.6 Å². The van der Waals surface area contributed by atoms with Crippen molar-refractivity contribution in [3.8, 4) is 0 Å². The van der Waals surface area contributed by atoms with Crippen molar-refractivity contribution >= 4 is 11.9 Å². The maximum absolute atomic E-state index is 11.7. The molecular weight excluding hydrogens is 222 g/mol. The summed E-state index contributed by atoms with van der Waals surface area (Å²) in [5, 5.41) is 18.3. The number of β-lactam (4-membered cyclic amide) rings is 1. The normalized spacial score (nSPS) is 28.2. The van der Waals surface area contributed by atoms with Gasteiger partial charge in [0.15, 0.2) is 0 Å². The van der Waals surface area contributed by atoms with Gasteiger partial charge in [0.05, 0.1) is 18.6 Å². The van der Waals surface area contributed by atoms with E-state index in [-0.39, 0.29) is 29.7 Å². The first-order valence-corrected chi connectivity index (χ1v) is 5.70. The van der Waals surface area contributed by atoms with Crippen LogP contribution in [0.2, 0.25) is 0 Å². The molecule has 0 aromatic carbocycles. The van der Waals surface area contributed by atoms with E-state index in [9.17, 15) is 14.7 Å². The average molecular weight is 239 g/mol. The summed E-state index contributed by atoms with van der Waals surface area (Å²) < 4.78 is 0. The summed E-state index contributed by atoms with van der Waals surface area (Å²) in [5.74, 6) is -1.75. The number of carboxylic acids is 1. The number of hydrogen-bond acceptors (Lipinski definition) is 3. The van der Waals surface area contributed by atoms with Crippen molar-refractivity contribution in [1.82, 2.24) is 4.90 Å². The van der Waals surface area contributed by atoms with Gasteiger partial charge >= 0.3 is 5.97 Å². The predicted molar refractivity (Wildman–Crippen MR) is 59.9 cm³/mol. The van der Waals surface area contributed by atoms with Crippen molar-refractivity contribution in [2.75, 3.05) is 6.61 Å². The first kappa shape index (κ1) is 12.1. The quantitative estimate of drug-likeness (QED) is 0.691. The Morgan fingerprint density at radius 1 is 1.47 bits per heavy atom. The largest absolute Gasteiger partial charge is 0.477 e. The van der Waals surface area contributed by atoms with Crippen LogP contribution in [0.3, 0.4) is 0 Å². The van der Waals surface area contributed by atoms with E-state index in [4.69, 9.17) is 5.11 Å². The molecule has 1 fully saturated rings. The topological polar surface area (TPSA) is 77.8 Å². The lowest BCUT2D eigenvalue weighted by Gasteiger charge is -2.42. The Kier molecular flexibility index (Phi) is 2.54. The molecule has 0 spiro atoms. The van der Waals surface area contributed by atoms with E-state index < -0.39 is 11.9 Å². The summed E-state index contributed by atoms with van der Waals surface area (Å²) in [5.41, 5.74) is 0.641. The Morgan fingerprint density at radius 2 is 2.06 bits per heavy atom. The summed E-state index contributed by atoms with van der Waals surface area (Å²) in [7, 11) is 0. The summed E-state index contributed by atoms with van der Waals surface area (Å²) in [6, 6.07) is -0.159. The Morgan fingerprint density at radius 3 is 2.47 bits per heavy atom. The Bertz CT molecular complexity index is 419. The van der Waals surface area contributed by atoms with Gasteiger partial charge in [-0.3, -0.25) is 4.79 Å². The Labute approximate surface area is 99.7 Å². The number of rotatable bonds is 2. The van der Waals surface area contributed by atoms with Crippen LogP contribution in [0.5, 0.6) is 0 Å². The van der Waals surface area contributed by atoms with Crippen molar-refractivity contribution in [2.45, 2.75) is 33.2 Å². The molecular formula is C12H17NO4. The molecule has 2 rings (SSSR count). The molecule has 1 amide bonds. The number of aliphatic carboxylic acids is 1. The molecule has 2 atom stereocenters. The molecule has 2 aliphatic rings. The lowest BCUT2D eigenvalue weighted by Crippen LogP contribution is -2.59. The second-order valence-corrected chi connectivity index (χ2v) is 5.65. The third-order valence-electron chi connectivity index (χ3n) is 3.60. The van der Waals surface area contributed by atoms with E-state index in [0.717, 1.165) is 5.57 Å². The standard InChI is InChI=1S/C12H17NO4/c1-12(2,3)7-4-8-6(5-14)10(15)13(8)9(7)11(16)17/h6,8,14H,4-5H2,1-3H3,(H,16,17). The lowest BCUT2D eigenvalue weighted by molar-refractivity contribution is -0.157. The maximum atomic E-state index is 11.7. The van der Waals surface area contributed by atoms with Gasteiger partial charge in [-0.25, -0.2) is 4.79 Å². The van der Waals surface area contributed by atoms with Crippen molar-refractivity contribution in [3.63, 3.8) is 0 Å². The molecule has 5 heteroatoms. The molecule has 0 radical (unpaired) electrons. The Balaban J connectivity index is 2.40. The molecule has 2 heterocycles. The van der Waals surface area contributed by atoms with Crippen molar-refractivity contribution in [3.05, 3.63) is 11.3 Å². The number of carbonyl (C=O) groups is 2. The van der Waals surface area contributed by atoms with Crippen molar-refractivity contribution in [1.29, 1.82) is 0 Å². The zero-order chi connectivity index (χ0) is 13.0. The number of amides is 1. The fourth-order valence-corrected chi connectivity index (χ4v) is 2.66. The number of carbonyl (C=O) groups excluding carboxylic acids is 1. The van der Waals surface area contributed by atoms with Crippen molar-refractivity contribution in [2.24, 2.45) is 11.3 Å². The van der Waals surface area contributed by atoms with Gasteiger partial charge in [-0.15, -0.1) is 0 Å². The van der Waals surface area contributed by atoms with Gasteiger partial charge in [-0.1, -0.05) is 20.8 Å². The zero-order valence-corrected chi connectivity index (χ0v) is 10.2. The molecule has 94 valence electrons. The summed E-state index contributed by atoms with van der Waals surface area (Å²) in [6.07, 6.45) is 0.558. The number of aliphatic hydroxyl groups excluding tert-OH is 1. The van der Waals surface area contributed by atoms with E-state index >= 15 is 0 Å². The van der Waals surface area contributed by atoms with Crippen LogP contribution in [0.4, 0.5) is 0 Å². The number of nitrogens with zero attached hydrogens (tertiary/aromatic N) is 1. The van der Waals surface area contributed by atoms with Gasteiger partial charge < -0.3 is 15.1 Å². The minimum atomic E-state index is -1.05. The minimum absolute atomic E-state index is 0.122. The van der Waals surface area contributed by atoms with Crippen molar-refractivity contribution < 1.29 is 19.8 Å². The minimum Gasteiger partial charge on any atom is -0.477 e. The molecule has 2 unspecified atom stereocenters. The SMILES string of the molecule is CC(C)(C)C1=C(C(=O)O)N2C(=O)C(CO)C2C1. The highest BCUT2D eigenvalue weighted by molar-refractivity contribution is 5.99. The van der Waals surface area contributed by atoms with Gasteiger partial charge in [0.25, 0.3) is 0 Å². The van der Waals surface area contributed by atoms with Gasteiger partial charge in [0.1, 0.15) is 5.70 Å². The molecule has 1 saturated heterocycles. The lowest BCUT2D eigenvalue weighted by atomic mass is 9.81. The van der Waals surface area contributed by atoms with Crippen LogP contribution in [0.1, 0.15) is 27.2 Å². The monoisotopic (exact) mass is 239 g/mol. The third kappa shape index (κ3) is 1.57. The number of fused-ring (bicyclic) bond motifs is 1. The van der Waals surface area contributed by atoms with E-state index in [1.807, 2.05) is 20.8 Å². The van der Waals surface area contributed by atoms with Gasteiger partial charge in [-0.2, -0.15) is 0 Å². The summed E-state index contributed by atoms with van der Waals surface area (Å²) >= 11 is 0. The molecule has 17 heavy (non-hydrogen) atoms. The molecule has 0 aromatic heterocycles. The smallest absolute Gasteiger partial charge is 0.352 e. The van der Waals surface area contributed by atoms with Crippen LogP contribution in [0, 0.1) is 11.3 Å². The highest BCUT2D eigenvalue weighted by atomic mass is 16.4. The fraction of sp³-hybridized carbons (Fsp3) is 0.667. The molecule has 0 bridgehead atoms. The van der Waals surface area contributed by atoms with Crippen LogP contribution in [-0.2, 0) is 9.59 Å². The molecule has 0 saturated carbocycles. The third-order valence-corrected chi connectivity index (χ3v) is 3.60.